The number of aromatic amines is 1. The highest BCUT2D eigenvalue weighted by Crippen LogP contribution is 2.30. The zero-order valence-electron chi connectivity index (χ0n) is 33.3. The number of benzene rings is 2. The molecule has 296 valence electrons. The highest BCUT2D eigenvalue weighted by atomic mass is 16.4. The van der Waals surface area contributed by atoms with Crippen LogP contribution in [0.3, 0.4) is 0 Å². The average Bonchev–Trinajstić information content (AvgIpc) is 3.64. The zero-order chi connectivity index (χ0) is 40.0. The molecule has 5 amide bonds. The van der Waals surface area contributed by atoms with E-state index >= 15 is 0 Å². The van der Waals surface area contributed by atoms with E-state index in [2.05, 4.69) is 47.0 Å². The molecular weight excluding hydrogens is 688 g/mol. The van der Waals surface area contributed by atoms with Gasteiger partial charge in [-0.05, 0) is 40.7 Å². The van der Waals surface area contributed by atoms with E-state index in [1.165, 1.54) is 0 Å². The number of nitrogens with one attached hydrogen (secondary N) is 4. The van der Waals surface area contributed by atoms with Crippen LogP contribution in [0.5, 0.6) is 0 Å². The Hall–Kier alpha value is -4.69. The minimum Gasteiger partial charge on any atom is -0.465 e. The summed E-state index contributed by atoms with van der Waals surface area (Å²) in [6.45, 7) is 18.6. The van der Waals surface area contributed by atoms with E-state index in [1.807, 2.05) is 75.4 Å². The van der Waals surface area contributed by atoms with Crippen LogP contribution in [0.2, 0.25) is 0 Å². The van der Waals surface area contributed by atoms with Gasteiger partial charge in [0, 0.05) is 31.6 Å². The fourth-order valence-electron chi connectivity index (χ4n) is 6.76. The van der Waals surface area contributed by atoms with Gasteiger partial charge in [0.1, 0.15) is 12.1 Å². The molecule has 1 aliphatic rings. The minimum atomic E-state index is -1.32. The summed E-state index contributed by atoms with van der Waals surface area (Å²) in [6.07, 6.45) is -1.56. The summed E-state index contributed by atoms with van der Waals surface area (Å²) < 4.78 is 0. The van der Waals surface area contributed by atoms with Gasteiger partial charge in [0.15, 0.2) is 0 Å². The quantitative estimate of drug-likeness (QED) is 0.120. The van der Waals surface area contributed by atoms with E-state index in [-0.39, 0.29) is 24.4 Å². The van der Waals surface area contributed by atoms with Gasteiger partial charge in [-0.15, -0.1) is 0 Å². The Bertz CT molecular complexity index is 1740. The predicted octanol–water partition coefficient (Wildman–Crippen LogP) is 4.76. The Kier molecular flexibility index (Phi) is 13.4. The summed E-state index contributed by atoms with van der Waals surface area (Å²) >= 11 is 0. The molecule has 0 unspecified atom stereocenters. The first-order valence-electron chi connectivity index (χ1n) is 18.7. The number of fused-ring (bicyclic) bond motifs is 1. The Balaban J connectivity index is 1.57. The number of carboxylic acid groups (broad SMARTS) is 1. The van der Waals surface area contributed by atoms with Crippen LogP contribution in [-0.2, 0) is 22.6 Å². The first-order valence-corrected chi connectivity index (χ1v) is 18.7. The van der Waals surface area contributed by atoms with Gasteiger partial charge in [-0.2, -0.15) is 5.10 Å². The van der Waals surface area contributed by atoms with Crippen LogP contribution < -0.4 is 16.1 Å². The normalized spacial score (nSPS) is 16.3. The molecule has 4 rings (SSSR count). The molecule has 0 saturated carbocycles. The maximum atomic E-state index is 14.4. The molecule has 14 heteroatoms. The molecule has 0 bridgehead atoms. The number of rotatable bonds is 15. The first kappa shape index (κ1) is 42.1. The Morgan fingerprint density at radius 3 is 2.15 bits per heavy atom. The molecule has 1 saturated heterocycles. The monoisotopic (exact) mass is 748 g/mol. The second-order valence-electron chi connectivity index (χ2n) is 17.7. The Morgan fingerprint density at radius 2 is 1.54 bits per heavy atom. The molecular formula is C40H60N8O6. The number of aliphatic hydroxyl groups excluding tert-OH is 1. The number of aliphatic hydroxyl groups is 1. The number of aromatic nitrogens is 2. The van der Waals surface area contributed by atoms with Crippen molar-refractivity contribution in [2.45, 2.75) is 106 Å². The molecule has 3 aromatic rings. The van der Waals surface area contributed by atoms with Crippen molar-refractivity contribution in [3.05, 3.63) is 65.9 Å². The molecule has 0 spiro atoms. The van der Waals surface area contributed by atoms with Crippen molar-refractivity contribution >= 4 is 34.8 Å². The molecule has 2 heterocycles. The fourth-order valence-corrected chi connectivity index (χ4v) is 6.76. The molecule has 14 nitrogen and oxygen atoms in total. The number of urea groups is 1. The van der Waals surface area contributed by atoms with Crippen molar-refractivity contribution < 1.29 is 29.4 Å². The number of carbonyl (C=O) groups is 4. The van der Waals surface area contributed by atoms with E-state index < -0.39 is 53.0 Å². The number of nitrogens with zero attached hydrogens (tertiary/aromatic N) is 4. The lowest BCUT2D eigenvalue weighted by atomic mass is 9.84. The van der Waals surface area contributed by atoms with E-state index in [0.29, 0.717) is 32.6 Å². The summed E-state index contributed by atoms with van der Waals surface area (Å²) in [4.78, 5) is 56.9. The van der Waals surface area contributed by atoms with Gasteiger partial charge < -0.3 is 30.6 Å². The summed E-state index contributed by atoms with van der Waals surface area (Å²) in [7, 11) is 0. The minimum absolute atomic E-state index is 0.0578. The summed E-state index contributed by atoms with van der Waals surface area (Å²) in [5, 5.41) is 36.9. The standard InChI is InChI=1S/C40H60N8O6/c1-38(2,3)19-20-47(45-34(50)32(39(4,5)6)42-36(52)53)25-31(49)29(23-26-15-11-10-12-16-26)41-35(51)33(40(7,8)9)48-22-21-46(37(48)54)24-30-27-17-13-14-18-28(27)43-44-30/h10-18,29,31-33,42,49H,19-25H2,1-9H3,(H,41,51)(H,43,44)(H,45,50)(H,52,53)/t29-,31-,32+,33+/m0/s1. The van der Waals surface area contributed by atoms with Crippen LogP contribution in [-0.4, -0.2) is 110 Å². The smallest absolute Gasteiger partial charge is 0.405 e. The third-order valence-corrected chi connectivity index (χ3v) is 9.69. The van der Waals surface area contributed by atoms with Crippen LogP contribution in [0.25, 0.3) is 10.9 Å². The van der Waals surface area contributed by atoms with Crippen LogP contribution in [0, 0.1) is 16.2 Å². The molecule has 1 aliphatic heterocycles. The molecule has 6 N–H and O–H groups in total. The second kappa shape index (κ2) is 17.2. The largest absolute Gasteiger partial charge is 0.465 e. The highest BCUT2D eigenvalue weighted by molar-refractivity contribution is 5.89. The van der Waals surface area contributed by atoms with Crippen molar-refractivity contribution in [1.29, 1.82) is 0 Å². The zero-order valence-corrected chi connectivity index (χ0v) is 33.3. The number of H-pyrrole nitrogens is 1. The lowest BCUT2D eigenvalue weighted by molar-refractivity contribution is -0.133. The number of hydrazine groups is 1. The fraction of sp³-hybridized carbons (Fsp3) is 0.575. The van der Waals surface area contributed by atoms with Crippen molar-refractivity contribution in [3.63, 3.8) is 0 Å². The van der Waals surface area contributed by atoms with E-state index in [1.54, 1.807) is 35.6 Å². The highest BCUT2D eigenvalue weighted by Gasteiger charge is 2.44. The van der Waals surface area contributed by atoms with Crippen LogP contribution in [0.15, 0.2) is 54.6 Å². The third kappa shape index (κ3) is 11.4. The molecule has 4 atom stereocenters. The van der Waals surface area contributed by atoms with Crippen molar-refractivity contribution in [2.75, 3.05) is 26.2 Å². The van der Waals surface area contributed by atoms with Gasteiger partial charge >= 0.3 is 12.1 Å². The van der Waals surface area contributed by atoms with Gasteiger partial charge in [-0.1, -0.05) is 111 Å². The van der Waals surface area contributed by atoms with Gasteiger partial charge in [-0.3, -0.25) is 20.1 Å². The van der Waals surface area contributed by atoms with E-state index in [9.17, 15) is 29.4 Å². The van der Waals surface area contributed by atoms with Crippen LogP contribution in [0.4, 0.5) is 9.59 Å². The maximum Gasteiger partial charge on any atom is 0.405 e. The predicted molar refractivity (Wildman–Crippen MR) is 208 cm³/mol. The number of carbonyl (C=O) groups excluding carboxylic acids is 3. The SMILES string of the molecule is CC(C)(C)CCN(C[C@H](O)[C@H](Cc1ccccc1)NC(=O)[C@@H](N1CCN(Cc2n[nH]c3ccccc23)C1=O)C(C)(C)C)NC(=O)[C@@H](NC(=O)O)C(C)(C)C. The van der Waals surface area contributed by atoms with Gasteiger partial charge in [0.2, 0.25) is 5.91 Å². The van der Waals surface area contributed by atoms with Crippen molar-refractivity contribution in [3.8, 4) is 0 Å². The van der Waals surface area contributed by atoms with Crippen LogP contribution in [0.1, 0.15) is 80.0 Å². The van der Waals surface area contributed by atoms with E-state index in [4.69, 9.17) is 0 Å². The van der Waals surface area contributed by atoms with Gasteiger partial charge in [-0.25, -0.2) is 14.6 Å². The van der Waals surface area contributed by atoms with Crippen molar-refractivity contribution in [2.24, 2.45) is 16.2 Å². The lowest BCUT2D eigenvalue weighted by Gasteiger charge is -2.38. The maximum absolute atomic E-state index is 14.4. The number of hydrogen-bond donors (Lipinski definition) is 6. The summed E-state index contributed by atoms with van der Waals surface area (Å²) in [5.74, 6) is -0.950. The van der Waals surface area contributed by atoms with Crippen molar-refractivity contribution in [1.82, 2.24) is 41.1 Å². The molecule has 1 aromatic heterocycles. The first-order chi connectivity index (χ1) is 25.1. The topological polar surface area (TPSA) is 183 Å². The van der Waals surface area contributed by atoms with Gasteiger partial charge in [0.05, 0.1) is 29.9 Å². The van der Waals surface area contributed by atoms with Crippen LogP contribution >= 0.6 is 0 Å². The average molecular weight is 749 g/mol. The second-order valence-corrected chi connectivity index (χ2v) is 17.7. The Morgan fingerprint density at radius 1 is 0.889 bits per heavy atom. The number of hydrogen-bond acceptors (Lipinski definition) is 7. The number of amides is 5. The molecule has 54 heavy (non-hydrogen) atoms. The molecule has 0 aliphatic carbocycles. The third-order valence-electron chi connectivity index (χ3n) is 9.69. The molecule has 2 aromatic carbocycles. The summed E-state index contributed by atoms with van der Waals surface area (Å²) in [6, 6.07) is 14.2. The lowest BCUT2D eigenvalue weighted by Crippen LogP contribution is -2.61. The Labute approximate surface area is 319 Å². The molecule has 0 radical (unpaired) electrons. The van der Waals surface area contributed by atoms with E-state index in [0.717, 1.165) is 22.2 Å². The molecule has 1 fully saturated rings. The summed E-state index contributed by atoms with van der Waals surface area (Å²) in [5.41, 5.74) is 3.86. The number of para-hydroxylation sites is 1. The van der Waals surface area contributed by atoms with Gasteiger partial charge in [0.25, 0.3) is 5.91 Å².